The summed E-state index contributed by atoms with van der Waals surface area (Å²) in [5, 5.41) is 0.540. The third-order valence-corrected chi connectivity index (χ3v) is 5.47. The molecule has 0 aliphatic heterocycles. The highest BCUT2D eigenvalue weighted by Gasteiger charge is 2.16. The predicted molar refractivity (Wildman–Crippen MR) is 113 cm³/mol. The van der Waals surface area contributed by atoms with E-state index in [0.717, 1.165) is 41.1 Å². The molecule has 1 heterocycles. The number of carbonyl (C=O) groups excluding carboxylic acids is 1. The second-order valence-electron chi connectivity index (χ2n) is 6.50. The summed E-state index contributed by atoms with van der Waals surface area (Å²) in [6.07, 6.45) is 4.82. The molecule has 28 heavy (non-hydrogen) atoms. The zero-order valence-corrected chi connectivity index (χ0v) is 16.9. The van der Waals surface area contributed by atoms with Crippen molar-refractivity contribution in [1.29, 1.82) is 0 Å². The molecular weight excluding hydrogens is 372 g/mol. The lowest BCUT2D eigenvalue weighted by Gasteiger charge is -2.14. The summed E-state index contributed by atoms with van der Waals surface area (Å²) in [7, 11) is 1.35. The predicted octanol–water partition coefficient (Wildman–Crippen LogP) is 4.63. The molecule has 1 N–H and O–H groups in total. The van der Waals surface area contributed by atoms with Gasteiger partial charge in [0.1, 0.15) is 5.56 Å². The van der Waals surface area contributed by atoms with Crippen LogP contribution in [0.5, 0.6) is 0 Å². The van der Waals surface area contributed by atoms with Crippen LogP contribution in [-0.4, -0.2) is 17.6 Å². The van der Waals surface area contributed by atoms with E-state index in [0.29, 0.717) is 5.39 Å². The van der Waals surface area contributed by atoms with E-state index >= 15 is 0 Å². The Morgan fingerprint density at radius 3 is 2.61 bits per heavy atom. The maximum Gasteiger partial charge on any atom is 0.280 e. The van der Waals surface area contributed by atoms with E-state index in [4.69, 9.17) is 4.84 Å². The Labute approximate surface area is 168 Å². The third kappa shape index (κ3) is 4.64. The Hall–Kier alpha value is -2.57. The summed E-state index contributed by atoms with van der Waals surface area (Å²) in [6, 6.07) is 15.9. The van der Waals surface area contributed by atoms with Gasteiger partial charge in [0.2, 0.25) is 5.43 Å². The molecule has 1 amide bonds. The first-order chi connectivity index (χ1) is 13.6. The number of hydrogen-bond donors (Lipinski definition) is 1. The van der Waals surface area contributed by atoms with Crippen LogP contribution in [0.1, 0.15) is 36.5 Å². The number of benzene rings is 2. The van der Waals surface area contributed by atoms with Crippen LogP contribution >= 0.6 is 11.8 Å². The Bertz CT molecular complexity index is 1020. The lowest BCUT2D eigenvalue weighted by Crippen LogP contribution is -2.29. The number of aromatic nitrogens is 1. The van der Waals surface area contributed by atoms with Crippen LogP contribution in [0.2, 0.25) is 0 Å². The van der Waals surface area contributed by atoms with Crippen molar-refractivity contribution in [3.05, 3.63) is 70.5 Å². The topological polar surface area (TPSA) is 60.3 Å². The lowest BCUT2D eigenvalue weighted by molar-refractivity contribution is 0.0536. The zero-order valence-electron chi connectivity index (χ0n) is 16.1. The maximum atomic E-state index is 12.9. The molecule has 0 saturated heterocycles. The van der Waals surface area contributed by atoms with Gasteiger partial charge in [-0.2, -0.15) is 0 Å². The molecule has 3 aromatic rings. The van der Waals surface area contributed by atoms with Crippen LogP contribution in [0.15, 0.2) is 69.3 Å². The molecule has 0 bridgehead atoms. The number of carbonyl (C=O) groups is 1. The fraction of sp³-hybridized carbons (Fsp3) is 0.273. The van der Waals surface area contributed by atoms with Gasteiger partial charge in [0.25, 0.3) is 5.91 Å². The van der Waals surface area contributed by atoms with Gasteiger partial charge in [-0.05, 0) is 36.8 Å². The van der Waals surface area contributed by atoms with Crippen molar-refractivity contribution >= 4 is 28.6 Å². The Kier molecular flexibility index (Phi) is 6.90. The van der Waals surface area contributed by atoms with Gasteiger partial charge in [-0.25, -0.2) is 5.48 Å². The van der Waals surface area contributed by atoms with Gasteiger partial charge < -0.3 is 4.57 Å². The molecule has 0 saturated carbocycles. The number of amides is 1. The molecule has 0 spiro atoms. The molecular formula is C22H24N2O3S. The largest absolute Gasteiger partial charge is 0.346 e. The molecule has 0 radical (unpaired) electrons. The molecule has 0 aliphatic rings. The smallest absolute Gasteiger partial charge is 0.280 e. The van der Waals surface area contributed by atoms with E-state index in [1.165, 1.54) is 7.11 Å². The van der Waals surface area contributed by atoms with E-state index in [2.05, 4.69) is 24.5 Å². The van der Waals surface area contributed by atoms with E-state index < -0.39 is 5.91 Å². The van der Waals surface area contributed by atoms with Crippen LogP contribution in [0.3, 0.4) is 0 Å². The normalized spacial score (nSPS) is 10.9. The summed E-state index contributed by atoms with van der Waals surface area (Å²) in [6.45, 7) is 2.90. The molecule has 5 nitrogen and oxygen atoms in total. The molecule has 0 aliphatic carbocycles. The van der Waals surface area contributed by atoms with Crippen LogP contribution in [0.4, 0.5) is 0 Å². The van der Waals surface area contributed by atoms with Gasteiger partial charge in [-0.15, -0.1) is 0 Å². The van der Waals surface area contributed by atoms with Crippen LogP contribution in [0.25, 0.3) is 10.9 Å². The lowest BCUT2D eigenvalue weighted by atomic mass is 10.1. The highest BCUT2D eigenvalue weighted by atomic mass is 32.2. The Morgan fingerprint density at radius 2 is 1.89 bits per heavy atom. The maximum absolute atomic E-state index is 12.9. The van der Waals surface area contributed by atoms with Crippen molar-refractivity contribution in [3.63, 3.8) is 0 Å². The van der Waals surface area contributed by atoms with E-state index in [9.17, 15) is 9.59 Å². The summed E-state index contributed by atoms with van der Waals surface area (Å²) in [5.41, 5.74) is 2.90. The number of hydrogen-bond acceptors (Lipinski definition) is 4. The average molecular weight is 397 g/mol. The Balaban J connectivity index is 2.06. The molecule has 0 unspecified atom stereocenters. The summed E-state index contributed by atoms with van der Waals surface area (Å²) in [4.78, 5) is 32.0. The van der Waals surface area contributed by atoms with Gasteiger partial charge in [0, 0.05) is 27.9 Å². The zero-order chi connectivity index (χ0) is 19.9. The quantitative estimate of drug-likeness (QED) is 0.445. The van der Waals surface area contributed by atoms with E-state index in [1.807, 2.05) is 41.0 Å². The SMILES string of the molecule is CCCCCn1cc(C(=O)NOC)c(=O)c2ccc(Sc3ccccc3)cc21. The summed E-state index contributed by atoms with van der Waals surface area (Å²) >= 11 is 1.65. The molecule has 2 aromatic carbocycles. The number of rotatable bonds is 8. The van der Waals surface area contributed by atoms with Crippen LogP contribution < -0.4 is 10.9 Å². The molecule has 3 rings (SSSR count). The third-order valence-electron chi connectivity index (χ3n) is 4.47. The summed E-state index contributed by atoms with van der Waals surface area (Å²) < 4.78 is 2.01. The minimum atomic E-state index is -0.527. The first-order valence-corrected chi connectivity index (χ1v) is 10.2. The standard InChI is InChI=1S/C22H24N2O3S/c1-3-4-8-13-24-15-19(22(26)23-27-2)21(25)18-12-11-17(14-20(18)24)28-16-9-6-5-7-10-16/h5-7,9-12,14-15H,3-4,8,13H2,1-2H3,(H,23,26). The van der Waals surface area contributed by atoms with Crippen molar-refractivity contribution in [3.8, 4) is 0 Å². The molecule has 0 fully saturated rings. The van der Waals surface area contributed by atoms with Crippen molar-refractivity contribution in [1.82, 2.24) is 10.0 Å². The molecule has 6 heteroatoms. The van der Waals surface area contributed by atoms with Gasteiger partial charge in [0.05, 0.1) is 12.6 Å². The second kappa shape index (κ2) is 9.57. The van der Waals surface area contributed by atoms with E-state index in [1.54, 1.807) is 18.0 Å². The molecule has 1 aromatic heterocycles. The van der Waals surface area contributed by atoms with Gasteiger partial charge in [-0.1, -0.05) is 49.7 Å². The number of nitrogens with zero attached hydrogens (tertiary/aromatic N) is 1. The second-order valence-corrected chi connectivity index (χ2v) is 7.65. The Morgan fingerprint density at radius 1 is 1.11 bits per heavy atom. The van der Waals surface area contributed by atoms with Crippen molar-refractivity contribution in [2.24, 2.45) is 0 Å². The van der Waals surface area contributed by atoms with Crippen LogP contribution in [0, 0.1) is 0 Å². The summed E-state index contributed by atoms with van der Waals surface area (Å²) in [5.74, 6) is -0.527. The van der Waals surface area contributed by atoms with Gasteiger partial charge >= 0.3 is 0 Å². The number of nitrogens with one attached hydrogen (secondary N) is 1. The minimum Gasteiger partial charge on any atom is -0.346 e. The number of aryl methyl sites for hydroxylation is 1. The average Bonchev–Trinajstić information content (AvgIpc) is 2.71. The number of pyridine rings is 1. The number of fused-ring (bicyclic) bond motifs is 1. The van der Waals surface area contributed by atoms with Crippen molar-refractivity contribution < 1.29 is 9.63 Å². The fourth-order valence-electron chi connectivity index (χ4n) is 3.08. The number of unbranched alkanes of at least 4 members (excludes halogenated alkanes) is 2. The van der Waals surface area contributed by atoms with E-state index in [-0.39, 0.29) is 11.0 Å². The van der Waals surface area contributed by atoms with Gasteiger partial charge in [-0.3, -0.25) is 14.4 Å². The van der Waals surface area contributed by atoms with Crippen molar-refractivity contribution in [2.45, 2.75) is 42.5 Å². The number of hydroxylamine groups is 1. The highest BCUT2D eigenvalue weighted by Crippen LogP contribution is 2.29. The first kappa shape index (κ1) is 20.2. The minimum absolute atomic E-state index is 0.0920. The molecule has 0 atom stereocenters. The fourth-order valence-corrected chi connectivity index (χ4v) is 3.96. The first-order valence-electron chi connectivity index (χ1n) is 9.37. The van der Waals surface area contributed by atoms with Gasteiger partial charge in [0.15, 0.2) is 0 Å². The highest BCUT2D eigenvalue weighted by molar-refractivity contribution is 7.99. The molecule has 146 valence electrons. The monoisotopic (exact) mass is 396 g/mol. The van der Waals surface area contributed by atoms with Crippen LogP contribution in [-0.2, 0) is 11.4 Å². The van der Waals surface area contributed by atoms with Crippen molar-refractivity contribution in [2.75, 3.05) is 7.11 Å².